The molecule has 0 aliphatic heterocycles. The van der Waals surface area contributed by atoms with E-state index in [4.69, 9.17) is 10.3 Å². The van der Waals surface area contributed by atoms with Gasteiger partial charge in [0.2, 0.25) is 0 Å². The van der Waals surface area contributed by atoms with Crippen LogP contribution in [0.3, 0.4) is 0 Å². The molecule has 0 atom stereocenters. The quantitative estimate of drug-likeness (QED) is 0.779. The van der Waals surface area contributed by atoms with Crippen molar-refractivity contribution in [2.24, 2.45) is 5.73 Å². The first kappa shape index (κ1) is 15.4. The molecule has 2 heterocycles. The van der Waals surface area contributed by atoms with Gasteiger partial charge in [-0.1, -0.05) is 35.5 Å². The summed E-state index contributed by atoms with van der Waals surface area (Å²) in [4.78, 5) is 16.3. The Morgan fingerprint density at radius 2 is 1.96 bits per heavy atom. The molecular weight excluding hydrogens is 310 g/mol. The van der Waals surface area contributed by atoms with Gasteiger partial charge in [0, 0.05) is 17.5 Å². The van der Waals surface area contributed by atoms with E-state index in [2.05, 4.69) is 10.1 Å². The molecule has 3 rings (SSSR count). The summed E-state index contributed by atoms with van der Waals surface area (Å²) in [6.07, 6.45) is 1.48. The molecule has 0 fully saturated rings. The van der Waals surface area contributed by atoms with Gasteiger partial charge in [0.25, 0.3) is 5.91 Å². The number of rotatable bonds is 5. The van der Waals surface area contributed by atoms with Crippen molar-refractivity contribution in [3.8, 4) is 11.3 Å². The monoisotopic (exact) mass is 327 g/mol. The molecule has 2 N–H and O–H groups in total. The van der Waals surface area contributed by atoms with Gasteiger partial charge >= 0.3 is 0 Å². The lowest BCUT2D eigenvalue weighted by Gasteiger charge is -2.01. The van der Waals surface area contributed by atoms with Crippen LogP contribution in [0.25, 0.3) is 11.3 Å². The van der Waals surface area contributed by atoms with Crippen molar-refractivity contribution in [2.45, 2.75) is 26.7 Å². The first-order chi connectivity index (χ1) is 11.1. The standard InChI is InChI=1S/C17H17N3O2S/c1-10-16(17(18)21)23-14(19-10)9-8-13-11(2)22-20-15(13)12-6-4-3-5-7-12/h3-7H,8-9H2,1-2H3,(H2,18,21). The average molecular weight is 327 g/mol. The Bertz CT molecular complexity index is 837. The zero-order valence-electron chi connectivity index (χ0n) is 13.0. The fourth-order valence-corrected chi connectivity index (χ4v) is 3.44. The van der Waals surface area contributed by atoms with Gasteiger partial charge in [0.1, 0.15) is 16.3 Å². The third-order valence-corrected chi connectivity index (χ3v) is 4.92. The van der Waals surface area contributed by atoms with Crippen molar-refractivity contribution in [1.29, 1.82) is 0 Å². The Kier molecular flexibility index (Phi) is 4.25. The Morgan fingerprint density at radius 1 is 1.22 bits per heavy atom. The molecule has 0 radical (unpaired) electrons. The van der Waals surface area contributed by atoms with Crippen LogP contribution in [0.4, 0.5) is 0 Å². The molecule has 118 valence electrons. The predicted molar refractivity (Wildman–Crippen MR) is 89.5 cm³/mol. The van der Waals surface area contributed by atoms with Gasteiger partial charge in [-0.3, -0.25) is 4.79 Å². The number of benzene rings is 1. The molecule has 0 bridgehead atoms. The highest BCUT2D eigenvalue weighted by molar-refractivity contribution is 7.13. The molecule has 6 heteroatoms. The highest BCUT2D eigenvalue weighted by Crippen LogP contribution is 2.27. The van der Waals surface area contributed by atoms with Crippen LogP contribution in [-0.4, -0.2) is 16.0 Å². The van der Waals surface area contributed by atoms with E-state index in [1.54, 1.807) is 6.92 Å². The third-order valence-electron chi connectivity index (χ3n) is 3.69. The van der Waals surface area contributed by atoms with Crippen molar-refractivity contribution in [3.05, 3.63) is 57.2 Å². The second-order valence-corrected chi connectivity index (χ2v) is 6.40. The van der Waals surface area contributed by atoms with E-state index >= 15 is 0 Å². The van der Waals surface area contributed by atoms with E-state index in [9.17, 15) is 4.79 Å². The van der Waals surface area contributed by atoms with Crippen LogP contribution in [0.1, 0.15) is 31.7 Å². The molecule has 2 aromatic heterocycles. The van der Waals surface area contributed by atoms with Crippen LogP contribution in [0, 0.1) is 13.8 Å². The summed E-state index contributed by atoms with van der Waals surface area (Å²) in [5.74, 6) is 0.393. The normalized spacial score (nSPS) is 10.9. The first-order valence-corrected chi connectivity index (χ1v) is 8.14. The second-order valence-electron chi connectivity index (χ2n) is 5.32. The Labute approximate surface area is 138 Å². The van der Waals surface area contributed by atoms with Gasteiger partial charge in [-0.2, -0.15) is 0 Å². The molecule has 0 saturated carbocycles. The Hall–Kier alpha value is -2.47. The summed E-state index contributed by atoms with van der Waals surface area (Å²) < 4.78 is 5.36. The Balaban J connectivity index is 1.83. The Morgan fingerprint density at radius 3 is 2.61 bits per heavy atom. The lowest BCUT2D eigenvalue weighted by molar-refractivity contribution is 0.100. The second kappa shape index (κ2) is 6.34. The number of amides is 1. The van der Waals surface area contributed by atoms with Crippen molar-refractivity contribution < 1.29 is 9.32 Å². The van der Waals surface area contributed by atoms with Crippen LogP contribution in [0.15, 0.2) is 34.9 Å². The molecule has 1 aromatic carbocycles. The number of carbonyl (C=O) groups is 1. The molecule has 0 unspecified atom stereocenters. The minimum absolute atomic E-state index is 0.419. The maximum atomic E-state index is 11.3. The highest BCUT2D eigenvalue weighted by Gasteiger charge is 2.17. The molecule has 0 saturated heterocycles. The number of aryl methyl sites for hydroxylation is 3. The van der Waals surface area contributed by atoms with E-state index in [1.165, 1.54) is 11.3 Å². The zero-order chi connectivity index (χ0) is 16.4. The van der Waals surface area contributed by atoms with Crippen LogP contribution in [0.2, 0.25) is 0 Å². The van der Waals surface area contributed by atoms with Gasteiger partial charge in [0.15, 0.2) is 0 Å². The van der Waals surface area contributed by atoms with E-state index in [1.807, 2.05) is 37.3 Å². The highest BCUT2D eigenvalue weighted by atomic mass is 32.1. The minimum atomic E-state index is -0.419. The minimum Gasteiger partial charge on any atom is -0.365 e. The summed E-state index contributed by atoms with van der Waals surface area (Å²) >= 11 is 1.36. The van der Waals surface area contributed by atoms with E-state index in [-0.39, 0.29) is 0 Å². The topological polar surface area (TPSA) is 82.0 Å². The van der Waals surface area contributed by atoms with Crippen molar-refractivity contribution >= 4 is 17.2 Å². The lowest BCUT2D eigenvalue weighted by Crippen LogP contribution is -2.09. The first-order valence-electron chi connectivity index (χ1n) is 7.33. The molecule has 5 nitrogen and oxygen atoms in total. The lowest BCUT2D eigenvalue weighted by atomic mass is 10.0. The number of hydrogen-bond acceptors (Lipinski definition) is 5. The number of nitrogens with zero attached hydrogens (tertiary/aromatic N) is 2. The molecule has 0 aliphatic rings. The van der Waals surface area contributed by atoms with Crippen LogP contribution < -0.4 is 5.73 Å². The summed E-state index contributed by atoms with van der Waals surface area (Å²) in [7, 11) is 0. The largest absolute Gasteiger partial charge is 0.365 e. The summed E-state index contributed by atoms with van der Waals surface area (Å²) in [5, 5.41) is 5.08. The fourth-order valence-electron chi connectivity index (χ4n) is 2.53. The maximum absolute atomic E-state index is 11.3. The van der Waals surface area contributed by atoms with Gasteiger partial charge in [-0.15, -0.1) is 11.3 Å². The number of carbonyl (C=O) groups excluding carboxylic acids is 1. The summed E-state index contributed by atoms with van der Waals surface area (Å²) in [5.41, 5.74) is 9.02. The van der Waals surface area contributed by atoms with Gasteiger partial charge in [0.05, 0.1) is 10.7 Å². The van der Waals surface area contributed by atoms with Crippen LogP contribution in [-0.2, 0) is 12.8 Å². The summed E-state index contributed by atoms with van der Waals surface area (Å²) in [6, 6.07) is 9.96. The number of aromatic nitrogens is 2. The molecule has 0 aliphatic carbocycles. The van der Waals surface area contributed by atoms with Crippen molar-refractivity contribution in [1.82, 2.24) is 10.1 Å². The molecular formula is C17H17N3O2S. The molecule has 3 aromatic rings. The number of hydrogen-bond donors (Lipinski definition) is 1. The molecule has 0 spiro atoms. The fraction of sp³-hybridized carbons (Fsp3) is 0.235. The maximum Gasteiger partial charge on any atom is 0.260 e. The van der Waals surface area contributed by atoms with Crippen molar-refractivity contribution in [2.75, 3.05) is 0 Å². The summed E-state index contributed by atoms with van der Waals surface area (Å²) in [6.45, 7) is 3.72. The van der Waals surface area contributed by atoms with E-state index in [0.29, 0.717) is 10.6 Å². The predicted octanol–water partition coefficient (Wildman–Crippen LogP) is 3.30. The average Bonchev–Trinajstić information content (AvgIpc) is 3.09. The SMILES string of the molecule is Cc1nc(CCc2c(-c3ccccc3)noc2C)sc1C(N)=O. The van der Waals surface area contributed by atoms with Crippen LogP contribution >= 0.6 is 11.3 Å². The third kappa shape index (κ3) is 3.17. The van der Waals surface area contributed by atoms with Gasteiger partial charge in [-0.05, 0) is 20.3 Å². The van der Waals surface area contributed by atoms with Crippen molar-refractivity contribution in [3.63, 3.8) is 0 Å². The van der Waals surface area contributed by atoms with Gasteiger partial charge < -0.3 is 10.3 Å². The molecule has 23 heavy (non-hydrogen) atoms. The number of primary amides is 1. The molecule has 1 amide bonds. The van der Waals surface area contributed by atoms with E-state index in [0.717, 1.165) is 40.4 Å². The number of nitrogens with two attached hydrogens (primary N) is 1. The smallest absolute Gasteiger partial charge is 0.260 e. The van der Waals surface area contributed by atoms with E-state index < -0.39 is 5.91 Å². The number of thiazole rings is 1. The zero-order valence-corrected chi connectivity index (χ0v) is 13.8. The van der Waals surface area contributed by atoms with Crippen LogP contribution in [0.5, 0.6) is 0 Å². The van der Waals surface area contributed by atoms with Gasteiger partial charge in [-0.25, -0.2) is 4.98 Å².